The molecular weight excluding hydrogens is 332 g/mol. The molecule has 3 aliphatic rings. The van der Waals surface area contributed by atoms with E-state index in [1.807, 2.05) is 0 Å². The topological polar surface area (TPSA) is 37.3 Å². The van der Waals surface area contributed by atoms with Crippen molar-refractivity contribution in [1.82, 2.24) is 0 Å². The van der Waals surface area contributed by atoms with E-state index in [2.05, 4.69) is 77.9 Å². The molecule has 3 unspecified atom stereocenters. The largest absolute Gasteiger partial charge is 0.481 e. The Labute approximate surface area is 162 Å². The van der Waals surface area contributed by atoms with Crippen molar-refractivity contribution in [3.8, 4) is 0 Å². The second-order valence-corrected chi connectivity index (χ2v) is 10.4. The van der Waals surface area contributed by atoms with Crippen LogP contribution in [0.5, 0.6) is 0 Å². The summed E-state index contributed by atoms with van der Waals surface area (Å²) < 4.78 is 0. The van der Waals surface area contributed by atoms with Gasteiger partial charge in [0.05, 0.1) is 5.92 Å². The van der Waals surface area contributed by atoms with E-state index in [0.717, 1.165) is 0 Å². The molecule has 5 rings (SSSR count). The van der Waals surface area contributed by atoms with Gasteiger partial charge < -0.3 is 5.11 Å². The number of carboxylic acid groups (broad SMARTS) is 1. The highest BCUT2D eigenvalue weighted by Crippen LogP contribution is 2.56. The van der Waals surface area contributed by atoms with Gasteiger partial charge in [0.25, 0.3) is 0 Å². The molecule has 0 spiro atoms. The maximum Gasteiger partial charge on any atom is 0.307 e. The van der Waals surface area contributed by atoms with E-state index in [1.165, 1.54) is 33.4 Å². The second kappa shape index (κ2) is 5.70. The van der Waals surface area contributed by atoms with Crippen LogP contribution in [0, 0.1) is 5.92 Å². The molecule has 1 N–H and O–H groups in total. The molecule has 0 saturated heterocycles. The van der Waals surface area contributed by atoms with Crippen molar-refractivity contribution in [2.24, 2.45) is 5.92 Å². The Morgan fingerprint density at radius 1 is 0.815 bits per heavy atom. The van der Waals surface area contributed by atoms with Gasteiger partial charge >= 0.3 is 5.97 Å². The van der Waals surface area contributed by atoms with Gasteiger partial charge in [-0.15, -0.1) is 0 Å². The molecule has 2 aromatic rings. The first kappa shape index (κ1) is 18.3. The maximum atomic E-state index is 12.1. The van der Waals surface area contributed by atoms with E-state index in [-0.39, 0.29) is 28.6 Å². The van der Waals surface area contributed by atoms with Gasteiger partial charge in [-0.2, -0.15) is 0 Å². The van der Waals surface area contributed by atoms with Crippen LogP contribution in [-0.2, 0) is 15.6 Å². The Balaban J connectivity index is 1.93. The Morgan fingerprint density at radius 3 is 1.85 bits per heavy atom. The SMILES string of the molecule is CC(C)(C)c1ccc2c(c1)C1CC(C(=O)O)C2c2cc(C(C)(C)C)ccc21. The van der Waals surface area contributed by atoms with Gasteiger partial charge in [0, 0.05) is 11.8 Å². The quantitative estimate of drug-likeness (QED) is 0.679. The summed E-state index contributed by atoms with van der Waals surface area (Å²) in [6, 6.07) is 13.5. The van der Waals surface area contributed by atoms with Crippen LogP contribution in [-0.4, -0.2) is 11.1 Å². The summed E-state index contributed by atoms with van der Waals surface area (Å²) in [7, 11) is 0. The summed E-state index contributed by atoms with van der Waals surface area (Å²) in [4.78, 5) is 12.1. The number of rotatable bonds is 1. The first-order valence-electron chi connectivity index (χ1n) is 10.00. The lowest BCUT2D eigenvalue weighted by atomic mass is 9.58. The molecule has 2 nitrogen and oxygen atoms in total. The molecule has 2 aromatic carbocycles. The van der Waals surface area contributed by atoms with Crippen molar-refractivity contribution in [2.75, 3.05) is 0 Å². The summed E-state index contributed by atoms with van der Waals surface area (Å²) in [5.41, 5.74) is 7.91. The molecule has 2 heteroatoms. The molecule has 27 heavy (non-hydrogen) atoms. The predicted molar refractivity (Wildman–Crippen MR) is 110 cm³/mol. The fourth-order valence-corrected chi connectivity index (χ4v) is 4.91. The van der Waals surface area contributed by atoms with Gasteiger partial charge in [-0.3, -0.25) is 4.79 Å². The Hall–Kier alpha value is -2.09. The standard InChI is InChI=1S/C25H30O2/c1-24(2,3)14-8-10-17-18(11-14)19-13-21(23(26)27)22(17)20-12-15(25(4,5)6)7-9-16(19)20/h7-12,19,21-22H,13H2,1-6H3,(H,26,27). The molecule has 0 amide bonds. The summed E-state index contributed by atoms with van der Waals surface area (Å²) in [5, 5.41) is 9.92. The Bertz CT molecular complexity index is 924. The summed E-state index contributed by atoms with van der Waals surface area (Å²) in [6.07, 6.45) is 0.711. The first-order chi connectivity index (χ1) is 12.5. The van der Waals surface area contributed by atoms with Gasteiger partial charge in [-0.25, -0.2) is 0 Å². The molecule has 3 aliphatic carbocycles. The number of hydrogen-bond acceptors (Lipinski definition) is 1. The van der Waals surface area contributed by atoms with Crippen molar-refractivity contribution in [3.05, 3.63) is 69.8 Å². The lowest BCUT2D eigenvalue weighted by Crippen LogP contribution is -2.37. The zero-order chi connectivity index (χ0) is 19.7. The number of hydrogen-bond donors (Lipinski definition) is 1. The van der Waals surface area contributed by atoms with Crippen molar-refractivity contribution in [3.63, 3.8) is 0 Å². The number of aliphatic carboxylic acids is 1. The van der Waals surface area contributed by atoms with Crippen LogP contribution in [0.1, 0.15) is 93.2 Å². The molecule has 0 fully saturated rings. The van der Waals surface area contributed by atoms with E-state index in [0.29, 0.717) is 6.42 Å². The van der Waals surface area contributed by atoms with Crippen molar-refractivity contribution in [2.45, 2.75) is 70.6 Å². The number of carboxylic acids is 1. The molecule has 0 aromatic heterocycles. The fraction of sp³-hybridized carbons (Fsp3) is 0.480. The monoisotopic (exact) mass is 362 g/mol. The highest BCUT2D eigenvalue weighted by Gasteiger charge is 2.46. The molecule has 0 saturated carbocycles. The van der Waals surface area contributed by atoms with Crippen molar-refractivity contribution < 1.29 is 9.90 Å². The van der Waals surface area contributed by atoms with Crippen LogP contribution in [0.4, 0.5) is 0 Å². The first-order valence-corrected chi connectivity index (χ1v) is 10.00. The fourth-order valence-electron chi connectivity index (χ4n) is 4.91. The predicted octanol–water partition coefficient (Wildman–Crippen LogP) is 5.96. The van der Waals surface area contributed by atoms with Gasteiger partial charge in [0.1, 0.15) is 0 Å². The molecule has 0 radical (unpaired) electrons. The van der Waals surface area contributed by atoms with Gasteiger partial charge in [0.2, 0.25) is 0 Å². The average molecular weight is 363 g/mol. The molecule has 2 bridgehead atoms. The number of benzene rings is 2. The van der Waals surface area contributed by atoms with Crippen LogP contribution < -0.4 is 0 Å². The zero-order valence-electron chi connectivity index (χ0n) is 17.3. The van der Waals surface area contributed by atoms with Crippen LogP contribution >= 0.6 is 0 Å². The van der Waals surface area contributed by atoms with Gasteiger partial charge in [0.15, 0.2) is 0 Å². The smallest absolute Gasteiger partial charge is 0.307 e. The van der Waals surface area contributed by atoms with Gasteiger partial charge in [-0.05, 0) is 50.6 Å². The highest BCUT2D eigenvalue weighted by molar-refractivity contribution is 5.76. The zero-order valence-corrected chi connectivity index (χ0v) is 17.3. The molecule has 3 atom stereocenters. The van der Waals surface area contributed by atoms with E-state index >= 15 is 0 Å². The van der Waals surface area contributed by atoms with Crippen LogP contribution in [0.15, 0.2) is 36.4 Å². The van der Waals surface area contributed by atoms with Gasteiger partial charge in [-0.1, -0.05) is 77.9 Å². The van der Waals surface area contributed by atoms with E-state index in [1.54, 1.807) is 0 Å². The Morgan fingerprint density at radius 2 is 1.33 bits per heavy atom. The second-order valence-electron chi connectivity index (χ2n) is 10.4. The molecule has 0 aliphatic heterocycles. The third-order valence-electron chi connectivity index (χ3n) is 6.54. The molecular formula is C25H30O2. The van der Waals surface area contributed by atoms with Crippen molar-refractivity contribution in [1.29, 1.82) is 0 Å². The minimum absolute atomic E-state index is 0.0335. The van der Waals surface area contributed by atoms with E-state index < -0.39 is 5.97 Å². The normalized spacial score (nSPS) is 23.7. The van der Waals surface area contributed by atoms with Crippen LogP contribution in [0.2, 0.25) is 0 Å². The van der Waals surface area contributed by atoms with E-state index in [9.17, 15) is 9.90 Å². The van der Waals surface area contributed by atoms with E-state index in [4.69, 9.17) is 0 Å². The average Bonchev–Trinajstić information content (AvgIpc) is 2.59. The van der Waals surface area contributed by atoms with Crippen LogP contribution in [0.3, 0.4) is 0 Å². The Kier molecular flexibility index (Phi) is 3.86. The summed E-state index contributed by atoms with van der Waals surface area (Å²) in [5.74, 6) is -0.834. The van der Waals surface area contributed by atoms with Crippen molar-refractivity contribution >= 4 is 5.97 Å². The minimum atomic E-state index is -0.664. The lowest BCUT2D eigenvalue weighted by Gasteiger charge is -2.45. The highest BCUT2D eigenvalue weighted by atomic mass is 16.4. The maximum absolute atomic E-state index is 12.1. The summed E-state index contributed by atoms with van der Waals surface area (Å²) in [6.45, 7) is 13.4. The van der Waals surface area contributed by atoms with Crippen LogP contribution in [0.25, 0.3) is 0 Å². The lowest BCUT2D eigenvalue weighted by molar-refractivity contribution is -0.143. The molecule has 142 valence electrons. The number of fused-ring (bicyclic) bond motifs is 1. The minimum Gasteiger partial charge on any atom is -0.481 e. The number of carbonyl (C=O) groups is 1. The summed E-state index contributed by atoms with van der Waals surface area (Å²) >= 11 is 0. The third-order valence-corrected chi connectivity index (χ3v) is 6.54. The molecule has 0 heterocycles. The third kappa shape index (κ3) is 2.81.